The maximum Gasteiger partial charge on any atom is 0.167 e. The molecule has 5 nitrogen and oxygen atoms in total. The molecular formula is C39H23N3O2. The fraction of sp³-hybridized carbons (Fsp3) is 0. The number of furan rings is 2. The van der Waals surface area contributed by atoms with E-state index in [9.17, 15) is 0 Å². The summed E-state index contributed by atoms with van der Waals surface area (Å²) in [7, 11) is 0. The van der Waals surface area contributed by atoms with Crippen molar-refractivity contribution in [2.75, 3.05) is 0 Å². The zero-order valence-corrected chi connectivity index (χ0v) is 23.4. The Balaban J connectivity index is 1.29. The second-order valence-corrected chi connectivity index (χ2v) is 10.8. The summed E-state index contributed by atoms with van der Waals surface area (Å²) in [6.45, 7) is 0. The Kier molecular flexibility index (Phi) is 5.43. The molecule has 6 aromatic carbocycles. The molecule has 206 valence electrons. The number of fused-ring (bicyclic) bond motifs is 6. The van der Waals surface area contributed by atoms with Crippen LogP contribution < -0.4 is 0 Å². The lowest BCUT2D eigenvalue weighted by molar-refractivity contribution is 0.669. The van der Waals surface area contributed by atoms with Crippen molar-refractivity contribution in [1.29, 1.82) is 0 Å². The molecule has 9 aromatic rings. The van der Waals surface area contributed by atoms with E-state index in [1.807, 2.05) is 91.0 Å². The third-order valence-corrected chi connectivity index (χ3v) is 8.15. The van der Waals surface area contributed by atoms with Crippen molar-refractivity contribution in [3.05, 3.63) is 140 Å². The van der Waals surface area contributed by atoms with E-state index in [2.05, 4.69) is 48.5 Å². The van der Waals surface area contributed by atoms with E-state index < -0.39 is 0 Å². The van der Waals surface area contributed by atoms with Gasteiger partial charge in [0.2, 0.25) is 0 Å². The van der Waals surface area contributed by atoms with Crippen molar-refractivity contribution < 1.29 is 8.83 Å². The summed E-state index contributed by atoms with van der Waals surface area (Å²) in [6.07, 6.45) is 0. The molecule has 0 aliphatic rings. The van der Waals surface area contributed by atoms with Crippen LogP contribution in [0, 0.1) is 0 Å². The summed E-state index contributed by atoms with van der Waals surface area (Å²) < 4.78 is 12.7. The van der Waals surface area contributed by atoms with Gasteiger partial charge in [-0.1, -0.05) is 103 Å². The smallest absolute Gasteiger partial charge is 0.167 e. The summed E-state index contributed by atoms with van der Waals surface area (Å²) in [5.74, 6) is 1.73. The van der Waals surface area contributed by atoms with Crippen LogP contribution in [0.3, 0.4) is 0 Å². The molecular weight excluding hydrogens is 542 g/mol. The number of hydrogen-bond acceptors (Lipinski definition) is 5. The van der Waals surface area contributed by atoms with Crippen molar-refractivity contribution in [3.8, 4) is 45.3 Å². The van der Waals surface area contributed by atoms with Crippen LogP contribution in [0.15, 0.2) is 148 Å². The molecule has 3 heterocycles. The first kappa shape index (κ1) is 24.5. The van der Waals surface area contributed by atoms with Gasteiger partial charge < -0.3 is 8.83 Å². The van der Waals surface area contributed by atoms with Crippen LogP contribution in [0.4, 0.5) is 0 Å². The number of benzene rings is 6. The highest BCUT2D eigenvalue weighted by Gasteiger charge is 2.19. The van der Waals surface area contributed by atoms with Crippen LogP contribution in [-0.2, 0) is 0 Å². The Bertz CT molecular complexity index is 2500. The second kappa shape index (κ2) is 9.75. The minimum absolute atomic E-state index is 0.556. The highest BCUT2D eigenvalue weighted by atomic mass is 16.3. The Labute approximate surface area is 252 Å². The molecule has 0 saturated carbocycles. The number of para-hydroxylation sites is 2. The fourth-order valence-corrected chi connectivity index (χ4v) is 6.09. The molecule has 0 atom stereocenters. The van der Waals surface area contributed by atoms with Gasteiger partial charge in [0.25, 0.3) is 0 Å². The van der Waals surface area contributed by atoms with E-state index in [-0.39, 0.29) is 0 Å². The summed E-state index contributed by atoms with van der Waals surface area (Å²) in [5, 5.41) is 4.18. The van der Waals surface area contributed by atoms with Gasteiger partial charge in [0, 0.05) is 32.7 Å². The molecule has 0 bridgehead atoms. The van der Waals surface area contributed by atoms with E-state index >= 15 is 0 Å². The van der Waals surface area contributed by atoms with Gasteiger partial charge in [-0.25, -0.2) is 15.0 Å². The van der Waals surface area contributed by atoms with E-state index in [4.69, 9.17) is 23.8 Å². The molecule has 0 saturated heterocycles. The van der Waals surface area contributed by atoms with Gasteiger partial charge in [-0.2, -0.15) is 0 Å². The summed E-state index contributed by atoms with van der Waals surface area (Å²) in [5.41, 5.74) is 8.12. The average molecular weight is 566 g/mol. The fourth-order valence-electron chi connectivity index (χ4n) is 6.09. The molecule has 5 heteroatoms. The predicted molar refractivity (Wildman–Crippen MR) is 176 cm³/mol. The monoisotopic (exact) mass is 565 g/mol. The first-order chi connectivity index (χ1) is 21.8. The Morgan fingerprint density at radius 1 is 0.364 bits per heavy atom. The molecule has 44 heavy (non-hydrogen) atoms. The predicted octanol–water partition coefficient (Wildman–Crippen LogP) is 10.3. The third-order valence-electron chi connectivity index (χ3n) is 8.15. The number of nitrogens with zero attached hydrogens (tertiary/aromatic N) is 3. The third kappa shape index (κ3) is 3.91. The van der Waals surface area contributed by atoms with Crippen molar-refractivity contribution in [3.63, 3.8) is 0 Å². The topological polar surface area (TPSA) is 65.0 Å². The Hall–Kier alpha value is -6.07. The van der Waals surface area contributed by atoms with Crippen LogP contribution >= 0.6 is 0 Å². The van der Waals surface area contributed by atoms with Crippen LogP contribution in [0.5, 0.6) is 0 Å². The SMILES string of the molecule is c1ccc(-c2nc(-c3ccc4oc5cccc(-c6ccccc6)c5c4c3)nc(-c3cccc4c3oc3ccccc34)n2)cc1. The van der Waals surface area contributed by atoms with E-state index in [1.165, 1.54) is 0 Å². The number of aromatic nitrogens is 3. The quantitative estimate of drug-likeness (QED) is 0.212. The number of hydrogen-bond donors (Lipinski definition) is 0. The molecule has 0 unspecified atom stereocenters. The Morgan fingerprint density at radius 2 is 0.977 bits per heavy atom. The highest BCUT2D eigenvalue weighted by Crippen LogP contribution is 2.39. The van der Waals surface area contributed by atoms with Crippen LogP contribution in [0.2, 0.25) is 0 Å². The lowest BCUT2D eigenvalue weighted by Crippen LogP contribution is -2.00. The number of rotatable bonds is 4. The molecule has 9 rings (SSSR count). The van der Waals surface area contributed by atoms with Crippen LogP contribution in [0.25, 0.3) is 89.2 Å². The van der Waals surface area contributed by atoms with Crippen LogP contribution in [-0.4, -0.2) is 15.0 Å². The average Bonchev–Trinajstić information content (AvgIpc) is 3.67. The van der Waals surface area contributed by atoms with Crippen molar-refractivity contribution in [2.45, 2.75) is 0 Å². The molecule has 0 N–H and O–H groups in total. The van der Waals surface area contributed by atoms with Gasteiger partial charge in [0.15, 0.2) is 17.5 Å². The summed E-state index contributed by atoms with van der Waals surface area (Å²) in [4.78, 5) is 15.0. The Morgan fingerprint density at radius 3 is 1.82 bits per heavy atom. The van der Waals surface area contributed by atoms with E-state index in [0.29, 0.717) is 17.5 Å². The zero-order chi connectivity index (χ0) is 29.0. The van der Waals surface area contributed by atoms with Gasteiger partial charge in [-0.05, 0) is 47.5 Å². The highest BCUT2D eigenvalue weighted by molar-refractivity contribution is 6.13. The van der Waals surface area contributed by atoms with Crippen molar-refractivity contribution in [1.82, 2.24) is 15.0 Å². The van der Waals surface area contributed by atoms with Crippen LogP contribution in [0.1, 0.15) is 0 Å². The molecule has 3 aromatic heterocycles. The standard InChI is InChI=1S/C39H23N3O2/c1-3-11-24(12-4-1)27-16-10-20-34-35(27)31-23-26(21-22-33(31)43-34)38-40-37(25-13-5-2-6-14-25)41-39(42-38)30-18-9-17-29-28-15-7-8-19-32(28)44-36(29)30/h1-23H. The lowest BCUT2D eigenvalue weighted by atomic mass is 9.99. The first-order valence-electron chi connectivity index (χ1n) is 14.5. The maximum atomic E-state index is 6.37. The normalized spacial score (nSPS) is 11.6. The molecule has 0 amide bonds. The van der Waals surface area contributed by atoms with Gasteiger partial charge in [0.05, 0.1) is 5.56 Å². The molecule has 0 aliphatic heterocycles. The molecule has 0 aliphatic carbocycles. The minimum Gasteiger partial charge on any atom is -0.456 e. The molecule has 0 spiro atoms. The molecule has 0 fully saturated rings. The van der Waals surface area contributed by atoms with Gasteiger partial charge in [-0.15, -0.1) is 0 Å². The minimum atomic E-state index is 0.556. The summed E-state index contributed by atoms with van der Waals surface area (Å²) >= 11 is 0. The summed E-state index contributed by atoms with van der Waals surface area (Å²) in [6, 6.07) is 46.9. The van der Waals surface area contributed by atoms with E-state index in [1.54, 1.807) is 0 Å². The lowest BCUT2D eigenvalue weighted by Gasteiger charge is -2.09. The van der Waals surface area contributed by atoms with Gasteiger partial charge in [-0.3, -0.25) is 0 Å². The largest absolute Gasteiger partial charge is 0.456 e. The first-order valence-corrected chi connectivity index (χ1v) is 14.5. The van der Waals surface area contributed by atoms with Crippen molar-refractivity contribution >= 4 is 43.9 Å². The van der Waals surface area contributed by atoms with E-state index in [0.717, 1.165) is 71.7 Å². The maximum absolute atomic E-state index is 6.37. The zero-order valence-electron chi connectivity index (χ0n) is 23.4. The molecule has 0 radical (unpaired) electrons. The van der Waals surface area contributed by atoms with Crippen molar-refractivity contribution in [2.24, 2.45) is 0 Å². The second-order valence-electron chi connectivity index (χ2n) is 10.8. The van der Waals surface area contributed by atoms with Gasteiger partial charge >= 0.3 is 0 Å². The van der Waals surface area contributed by atoms with Gasteiger partial charge in [0.1, 0.15) is 22.3 Å².